The summed E-state index contributed by atoms with van der Waals surface area (Å²) < 4.78 is 81.0. The van der Waals surface area contributed by atoms with Crippen LogP contribution in [0.25, 0.3) is 0 Å². The van der Waals surface area contributed by atoms with Crippen molar-refractivity contribution in [2.24, 2.45) is 11.7 Å². The van der Waals surface area contributed by atoms with E-state index in [4.69, 9.17) is 5.73 Å². The van der Waals surface area contributed by atoms with E-state index >= 15 is 0 Å². The maximum absolute atomic E-state index is 12.8. The van der Waals surface area contributed by atoms with E-state index in [2.05, 4.69) is 26.7 Å². The number of piperidine rings is 2. The molecule has 3 fully saturated rings. The van der Waals surface area contributed by atoms with E-state index in [-0.39, 0.29) is 30.5 Å². The lowest BCUT2D eigenvalue weighted by Crippen LogP contribution is -2.54. The molecular weight excluding hydrogens is 530 g/mol. The monoisotopic (exact) mass is 564 g/mol. The summed E-state index contributed by atoms with van der Waals surface area (Å²) >= 11 is 0. The number of nitrogens with zero attached hydrogens (tertiary/aromatic N) is 3. The Kier molecular flexibility index (Phi) is 8.30. The highest BCUT2D eigenvalue weighted by molar-refractivity contribution is 5.77. The van der Waals surface area contributed by atoms with Crippen LogP contribution >= 0.6 is 0 Å². The molecule has 218 valence electrons. The minimum absolute atomic E-state index is 0.0130. The van der Waals surface area contributed by atoms with Gasteiger partial charge in [-0.05, 0) is 69.2 Å². The van der Waals surface area contributed by atoms with E-state index in [1.54, 1.807) is 0 Å². The molecule has 0 unspecified atom stereocenters. The first-order valence-corrected chi connectivity index (χ1v) is 13.2. The van der Waals surface area contributed by atoms with Crippen LogP contribution in [0, 0.1) is 12.8 Å². The van der Waals surface area contributed by atoms with Crippen molar-refractivity contribution in [3.05, 3.63) is 29.3 Å². The zero-order valence-electron chi connectivity index (χ0n) is 21.8. The number of ether oxygens (including phenoxy) is 1. The number of amides is 2. The smallest absolute Gasteiger partial charge is 0.426 e. The summed E-state index contributed by atoms with van der Waals surface area (Å²) in [7, 11) is 0. The third-order valence-corrected chi connectivity index (χ3v) is 8.35. The lowest BCUT2D eigenvalue weighted by Gasteiger charge is -2.45. The molecule has 3 aliphatic rings. The van der Waals surface area contributed by atoms with Crippen LogP contribution in [0.15, 0.2) is 18.2 Å². The van der Waals surface area contributed by atoms with Crippen molar-refractivity contribution >= 4 is 17.7 Å². The SMILES string of the molecule is Cc1ccc(CN2CCCC23CCN(C(=O)OC(C(F)(F)F)C(F)(F)F)CC3)c(N2CCC(C(N)=O)CC2)c1. The summed E-state index contributed by atoms with van der Waals surface area (Å²) in [5, 5.41) is 0. The molecule has 3 aliphatic heterocycles. The van der Waals surface area contributed by atoms with Gasteiger partial charge in [-0.1, -0.05) is 12.1 Å². The van der Waals surface area contributed by atoms with Crippen molar-refractivity contribution < 1.29 is 40.7 Å². The number of hydrogen-bond acceptors (Lipinski definition) is 5. The standard InChI is InChI=1S/C26H34F6N4O3/c1-17-3-4-19(20(15-17)34-11-5-18(6-12-34)21(33)37)16-36-10-2-7-24(36)8-13-35(14-9-24)23(38)39-22(25(27,28)29)26(30,31)32/h3-4,15,18,22H,2,5-14,16H2,1H3,(H2,33,37). The highest BCUT2D eigenvalue weighted by atomic mass is 19.4. The normalized spacial score (nSPS) is 21.1. The Balaban J connectivity index is 1.42. The van der Waals surface area contributed by atoms with Gasteiger partial charge in [-0.3, -0.25) is 9.69 Å². The third kappa shape index (κ3) is 6.55. The summed E-state index contributed by atoms with van der Waals surface area (Å²) in [5.41, 5.74) is 8.49. The molecule has 2 N–H and O–H groups in total. The number of hydrogen-bond donors (Lipinski definition) is 1. The summed E-state index contributed by atoms with van der Waals surface area (Å²) in [5.74, 6) is -0.406. The Bertz CT molecular complexity index is 1030. The van der Waals surface area contributed by atoms with Crippen molar-refractivity contribution in [3.63, 3.8) is 0 Å². The molecule has 3 saturated heterocycles. The van der Waals surface area contributed by atoms with Gasteiger partial charge >= 0.3 is 18.4 Å². The molecule has 7 nitrogen and oxygen atoms in total. The van der Waals surface area contributed by atoms with Gasteiger partial charge in [0.25, 0.3) is 6.10 Å². The van der Waals surface area contributed by atoms with Crippen molar-refractivity contribution in [1.82, 2.24) is 9.80 Å². The first-order chi connectivity index (χ1) is 18.2. The quantitative estimate of drug-likeness (QED) is 0.522. The lowest BCUT2D eigenvalue weighted by atomic mass is 9.84. The zero-order valence-corrected chi connectivity index (χ0v) is 21.8. The molecule has 0 aliphatic carbocycles. The molecule has 2 amide bonds. The molecule has 0 radical (unpaired) electrons. The van der Waals surface area contributed by atoms with Crippen molar-refractivity contribution in [2.75, 3.05) is 37.6 Å². The number of rotatable bonds is 5. The minimum Gasteiger partial charge on any atom is -0.426 e. The van der Waals surface area contributed by atoms with Gasteiger partial charge < -0.3 is 20.3 Å². The molecule has 4 rings (SSSR count). The lowest BCUT2D eigenvalue weighted by molar-refractivity contribution is -0.308. The van der Waals surface area contributed by atoms with Crippen LogP contribution in [0.3, 0.4) is 0 Å². The molecule has 3 heterocycles. The fourth-order valence-electron chi connectivity index (χ4n) is 6.12. The number of carbonyl (C=O) groups excluding carboxylic acids is 2. The van der Waals surface area contributed by atoms with E-state index in [9.17, 15) is 35.9 Å². The highest BCUT2D eigenvalue weighted by Crippen LogP contribution is 2.42. The second kappa shape index (κ2) is 11.1. The van der Waals surface area contributed by atoms with Gasteiger partial charge in [0, 0.05) is 49.9 Å². The molecule has 13 heteroatoms. The number of nitrogens with two attached hydrogens (primary N) is 1. The Labute approximate surface area is 223 Å². The second-order valence-corrected chi connectivity index (χ2v) is 10.9. The number of carbonyl (C=O) groups is 2. The Hall–Kier alpha value is -2.70. The third-order valence-electron chi connectivity index (χ3n) is 8.35. The number of alkyl halides is 6. The molecule has 0 saturated carbocycles. The predicted molar refractivity (Wildman–Crippen MR) is 131 cm³/mol. The van der Waals surface area contributed by atoms with Crippen LogP contribution in [0.1, 0.15) is 49.7 Å². The molecule has 1 aromatic rings. The van der Waals surface area contributed by atoms with E-state index in [1.165, 1.54) is 0 Å². The molecule has 0 atom stereocenters. The van der Waals surface area contributed by atoms with E-state index in [0.717, 1.165) is 41.1 Å². The first kappa shape index (κ1) is 29.3. The van der Waals surface area contributed by atoms with Crippen LogP contribution in [-0.2, 0) is 16.1 Å². The fourth-order valence-corrected chi connectivity index (χ4v) is 6.12. The van der Waals surface area contributed by atoms with Gasteiger partial charge in [0.15, 0.2) is 0 Å². The van der Waals surface area contributed by atoms with Gasteiger partial charge in [0.1, 0.15) is 0 Å². The topological polar surface area (TPSA) is 79.1 Å². The molecular formula is C26H34F6N4O3. The van der Waals surface area contributed by atoms with Crippen LogP contribution in [-0.4, -0.2) is 78.5 Å². The van der Waals surface area contributed by atoms with Crippen LogP contribution in [0.5, 0.6) is 0 Å². The van der Waals surface area contributed by atoms with Gasteiger partial charge in [0.2, 0.25) is 5.91 Å². The van der Waals surface area contributed by atoms with Crippen molar-refractivity contribution in [1.29, 1.82) is 0 Å². The van der Waals surface area contributed by atoms with Gasteiger partial charge in [-0.15, -0.1) is 0 Å². The average Bonchev–Trinajstić information content (AvgIpc) is 3.23. The van der Waals surface area contributed by atoms with Gasteiger partial charge in [0.05, 0.1) is 0 Å². The van der Waals surface area contributed by atoms with E-state index in [0.29, 0.717) is 45.3 Å². The van der Waals surface area contributed by atoms with Crippen LogP contribution < -0.4 is 10.6 Å². The average molecular weight is 565 g/mol. The maximum Gasteiger partial charge on any atom is 0.434 e. The number of anilines is 1. The number of halogens is 6. The Morgan fingerprint density at radius 1 is 1.00 bits per heavy atom. The van der Waals surface area contributed by atoms with E-state index in [1.807, 2.05) is 13.0 Å². The van der Waals surface area contributed by atoms with Crippen LogP contribution in [0.2, 0.25) is 0 Å². The second-order valence-electron chi connectivity index (χ2n) is 10.9. The van der Waals surface area contributed by atoms with Crippen LogP contribution in [0.4, 0.5) is 36.8 Å². The number of primary amides is 1. The molecule has 39 heavy (non-hydrogen) atoms. The Morgan fingerprint density at radius 3 is 2.18 bits per heavy atom. The molecule has 1 spiro atoms. The fraction of sp³-hybridized carbons (Fsp3) is 0.692. The molecule has 0 aromatic heterocycles. The first-order valence-electron chi connectivity index (χ1n) is 13.2. The predicted octanol–water partition coefficient (Wildman–Crippen LogP) is 4.76. The number of aryl methyl sites for hydroxylation is 1. The number of benzene rings is 1. The summed E-state index contributed by atoms with van der Waals surface area (Å²) in [6.07, 6.45) is -13.3. The summed E-state index contributed by atoms with van der Waals surface area (Å²) in [6, 6.07) is 6.24. The zero-order chi connectivity index (χ0) is 28.6. The van der Waals surface area contributed by atoms with Gasteiger partial charge in [-0.25, -0.2) is 4.79 Å². The summed E-state index contributed by atoms with van der Waals surface area (Å²) in [6.45, 7) is 4.88. The Morgan fingerprint density at radius 2 is 1.62 bits per heavy atom. The van der Waals surface area contributed by atoms with Crippen molar-refractivity contribution in [2.45, 2.75) is 76.0 Å². The van der Waals surface area contributed by atoms with Gasteiger partial charge in [-0.2, -0.15) is 26.3 Å². The maximum atomic E-state index is 12.8. The number of likely N-dealkylation sites (tertiary alicyclic amines) is 2. The molecule has 1 aromatic carbocycles. The highest BCUT2D eigenvalue weighted by Gasteiger charge is 2.60. The molecule has 0 bridgehead atoms. The summed E-state index contributed by atoms with van der Waals surface area (Å²) in [4.78, 5) is 29.4. The largest absolute Gasteiger partial charge is 0.434 e. The van der Waals surface area contributed by atoms with Crippen molar-refractivity contribution in [3.8, 4) is 0 Å². The minimum atomic E-state index is -5.74. The van der Waals surface area contributed by atoms with E-state index < -0.39 is 24.5 Å².